The van der Waals surface area contributed by atoms with Crippen molar-refractivity contribution in [1.82, 2.24) is 0 Å². The Morgan fingerprint density at radius 1 is 1.15 bits per heavy atom. The van der Waals surface area contributed by atoms with E-state index >= 15 is 0 Å². The molecule has 0 saturated carbocycles. The van der Waals surface area contributed by atoms with Gasteiger partial charge in [0, 0.05) is 0 Å². The molecule has 0 aliphatic heterocycles. The zero-order chi connectivity index (χ0) is 20.7. The predicted octanol–water partition coefficient (Wildman–Crippen LogP) is 5.90. The van der Waals surface area contributed by atoms with Gasteiger partial charge in [0.05, 0.1) is 13.7 Å². The van der Waals surface area contributed by atoms with Crippen LogP contribution in [0.5, 0.6) is 11.5 Å². The van der Waals surface area contributed by atoms with Gasteiger partial charge in [-0.3, -0.25) is 0 Å². The highest BCUT2D eigenvalue weighted by Gasteiger charge is 2.39. The molecule has 0 radical (unpaired) electrons. The number of hydrogen-bond donors (Lipinski definition) is 0. The molecule has 0 N–H and O–H groups in total. The molecular weight excluding hydrogens is 360 g/mol. The number of carbonyl (C=O) groups is 1. The summed E-state index contributed by atoms with van der Waals surface area (Å²) in [7, 11) is -0.339. The Kier molecular flexibility index (Phi) is 8.41. The quantitative estimate of drug-likeness (QED) is 0.406. The maximum Gasteiger partial charge on any atom is 0.508 e. The van der Waals surface area contributed by atoms with Crippen LogP contribution in [0, 0.1) is 5.92 Å². The van der Waals surface area contributed by atoms with Crippen molar-refractivity contribution in [3.05, 3.63) is 29.8 Å². The standard InChI is InChI=1S/C21H34O5Si/c1-16(2)15-25-20(22)24-13-9-10-17-11-12-18(23-6)19(14-17)26-27(7,8)21(3,4)5/h9-12,14,16H,13,15H2,1-8H3/b10-9+. The van der Waals surface area contributed by atoms with E-state index < -0.39 is 14.5 Å². The Morgan fingerprint density at radius 2 is 1.81 bits per heavy atom. The summed E-state index contributed by atoms with van der Waals surface area (Å²) in [4.78, 5) is 11.4. The Bertz CT molecular complexity index is 644. The molecule has 1 aromatic carbocycles. The van der Waals surface area contributed by atoms with Gasteiger partial charge in [-0.1, -0.05) is 46.8 Å². The summed E-state index contributed by atoms with van der Waals surface area (Å²) >= 11 is 0. The van der Waals surface area contributed by atoms with Crippen molar-refractivity contribution in [2.24, 2.45) is 5.92 Å². The van der Waals surface area contributed by atoms with Crippen molar-refractivity contribution in [2.45, 2.75) is 52.8 Å². The maximum atomic E-state index is 11.4. The molecule has 0 bridgehead atoms. The van der Waals surface area contributed by atoms with Crippen LogP contribution in [0.3, 0.4) is 0 Å². The van der Waals surface area contributed by atoms with Crippen LogP contribution >= 0.6 is 0 Å². The normalized spacial score (nSPS) is 12.3. The molecule has 152 valence electrons. The van der Waals surface area contributed by atoms with Crippen molar-refractivity contribution >= 4 is 20.5 Å². The third kappa shape index (κ3) is 7.67. The fourth-order valence-electron chi connectivity index (χ4n) is 1.88. The first-order valence-corrected chi connectivity index (χ1v) is 12.2. The average molecular weight is 395 g/mol. The molecule has 5 nitrogen and oxygen atoms in total. The number of benzene rings is 1. The van der Waals surface area contributed by atoms with Crippen molar-refractivity contribution in [2.75, 3.05) is 20.3 Å². The lowest BCUT2D eigenvalue weighted by Crippen LogP contribution is -2.43. The first-order chi connectivity index (χ1) is 12.5. The molecule has 0 atom stereocenters. The van der Waals surface area contributed by atoms with Crippen LogP contribution in [-0.4, -0.2) is 34.8 Å². The highest BCUT2D eigenvalue weighted by molar-refractivity contribution is 6.74. The number of carbonyl (C=O) groups excluding carboxylic acids is 1. The summed E-state index contributed by atoms with van der Waals surface area (Å²) in [6.07, 6.45) is 3.01. The Morgan fingerprint density at radius 3 is 2.37 bits per heavy atom. The molecule has 0 aliphatic rings. The minimum atomic E-state index is -1.98. The highest BCUT2D eigenvalue weighted by atomic mass is 28.4. The summed E-state index contributed by atoms with van der Waals surface area (Å²) in [5.41, 5.74) is 0.948. The molecule has 1 aromatic rings. The van der Waals surface area contributed by atoms with Crippen LogP contribution in [0.4, 0.5) is 4.79 Å². The first kappa shape index (κ1) is 23.1. The van der Waals surface area contributed by atoms with E-state index in [1.807, 2.05) is 38.1 Å². The van der Waals surface area contributed by atoms with Crippen LogP contribution in [0.1, 0.15) is 40.2 Å². The van der Waals surface area contributed by atoms with Gasteiger partial charge in [-0.2, -0.15) is 0 Å². The van der Waals surface area contributed by atoms with Gasteiger partial charge >= 0.3 is 6.16 Å². The summed E-state index contributed by atoms with van der Waals surface area (Å²) in [5.74, 6) is 1.74. The molecular formula is C21H34O5Si. The van der Waals surface area contributed by atoms with E-state index in [9.17, 15) is 4.79 Å². The Hall–Kier alpha value is -1.95. The van der Waals surface area contributed by atoms with Crippen molar-refractivity contribution in [3.8, 4) is 11.5 Å². The van der Waals surface area contributed by atoms with E-state index in [0.717, 1.165) is 11.3 Å². The monoisotopic (exact) mass is 394 g/mol. The van der Waals surface area contributed by atoms with Crippen LogP contribution in [-0.2, 0) is 9.47 Å². The third-order valence-corrected chi connectivity index (χ3v) is 8.84. The van der Waals surface area contributed by atoms with Gasteiger partial charge in [0.1, 0.15) is 12.4 Å². The summed E-state index contributed by atoms with van der Waals surface area (Å²) < 4.78 is 21.8. The zero-order valence-corrected chi connectivity index (χ0v) is 18.9. The Balaban J connectivity index is 2.76. The molecule has 0 aromatic heterocycles. The lowest BCUT2D eigenvalue weighted by atomic mass is 10.2. The second-order valence-electron chi connectivity index (χ2n) is 8.44. The van der Waals surface area contributed by atoms with E-state index in [-0.39, 0.29) is 17.6 Å². The topological polar surface area (TPSA) is 54.0 Å². The molecule has 0 saturated heterocycles. The minimum Gasteiger partial charge on any atom is -0.541 e. The molecule has 27 heavy (non-hydrogen) atoms. The zero-order valence-electron chi connectivity index (χ0n) is 17.9. The van der Waals surface area contributed by atoms with Crippen molar-refractivity contribution < 1.29 is 23.4 Å². The number of hydrogen-bond acceptors (Lipinski definition) is 5. The molecule has 0 amide bonds. The molecule has 0 spiro atoms. The molecule has 6 heteroatoms. The van der Waals surface area contributed by atoms with Gasteiger partial charge in [-0.15, -0.1) is 0 Å². The van der Waals surface area contributed by atoms with Crippen LogP contribution < -0.4 is 9.16 Å². The fourth-order valence-corrected chi connectivity index (χ4v) is 2.90. The first-order valence-electron chi connectivity index (χ1n) is 9.29. The molecule has 0 heterocycles. The lowest BCUT2D eigenvalue weighted by Gasteiger charge is -2.36. The van der Waals surface area contributed by atoms with Gasteiger partial charge < -0.3 is 18.6 Å². The fraction of sp³-hybridized carbons (Fsp3) is 0.571. The molecule has 1 rings (SSSR count). The maximum absolute atomic E-state index is 11.4. The number of ether oxygens (including phenoxy) is 3. The van der Waals surface area contributed by atoms with Gasteiger partial charge in [-0.05, 0) is 47.8 Å². The number of methoxy groups -OCH3 is 1. The number of rotatable bonds is 8. The van der Waals surface area contributed by atoms with E-state index in [0.29, 0.717) is 12.4 Å². The second-order valence-corrected chi connectivity index (χ2v) is 13.2. The summed E-state index contributed by atoms with van der Waals surface area (Å²) in [6, 6.07) is 5.78. The van der Waals surface area contributed by atoms with Gasteiger partial charge in [0.25, 0.3) is 8.32 Å². The highest BCUT2D eigenvalue weighted by Crippen LogP contribution is 2.40. The molecule has 0 unspecified atom stereocenters. The smallest absolute Gasteiger partial charge is 0.508 e. The van der Waals surface area contributed by atoms with Gasteiger partial charge in [0.15, 0.2) is 5.75 Å². The van der Waals surface area contributed by atoms with Crippen LogP contribution in [0.15, 0.2) is 24.3 Å². The van der Waals surface area contributed by atoms with Crippen LogP contribution in [0.25, 0.3) is 6.08 Å². The van der Waals surface area contributed by atoms with E-state index in [2.05, 4.69) is 33.9 Å². The van der Waals surface area contributed by atoms with E-state index in [1.165, 1.54) is 0 Å². The molecule has 0 fully saturated rings. The van der Waals surface area contributed by atoms with Gasteiger partial charge in [-0.25, -0.2) is 4.79 Å². The van der Waals surface area contributed by atoms with Gasteiger partial charge in [0.2, 0.25) is 0 Å². The Labute approximate surface area is 164 Å². The van der Waals surface area contributed by atoms with Crippen molar-refractivity contribution in [1.29, 1.82) is 0 Å². The summed E-state index contributed by atoms with van der Waals surface area (Å²) in [5, 5.41) is 0.0913. The van der Waals surface area contributed by atoms with Crippen molar-refractivity contribution in [3.63, 3.8) is 0 Å². The SMILES string of the molecule is COc1ccc(/C=C/COC(=O)OCC(C)C)cc1O[Si](C)(C)C(C)(C)C. The molecule has 0 aliphatic carbocycles. The predicted molar refractivity (Wildman–Crippen MR) is 112 cm³/mol. The third-order valence-electron chi connectivity index (χ3n) is 4.50. The van der Waals surface area contributed by atoms with E-state index in [4.69, 9.17) is 18.6 Å². The van der Waals surface area contributed by atoms with E-state index in [1.54, 1.807) is 13.2 Å². The second kappa shape index (κ2) is 9.83. The summed E-state index contributed by atoms with van der Waals surface area (Å²) in [6.45, 7) is 15.5. The minimum absolute atomic E-state index is 0.0913. The average Bonchev–Trinajstić information content (AvgIpc) is 2.55. The van der Waals surface area contributed by atoms with Crippen LogP contribution in [0.2, 0.25) is 18.1 Å². The lowest BCUT2D eigenvalue weighted by molar-refractivity contribution is 0.0551. The largest absolute Gasteiger partial charge is 0.541 e.